The number of rotatable bonds is 2. The van der Waals surface area contributed by atoms with Crippen LogP contribution in [0.3, 0.4) is 0 Å². The highest BCUT2D eigenvalue weighted by atomic mass is 19.4. The molecule has 0 spiro atoms. The molecule has 20 heavy (non-hydrogen) atoms. The third kappa shape index (κ3) is 2.98. The van der Waals surface area contributed by atoms with Crippen LogP contribution in [0.1, 0.15) is 28.4 Å². The highest BCUT2D eigenvalue weighted by Crippen LogP contribution is 2.32. The van der Waals surface area contributed by atoms with Gasteiger partial charge in [0.05, 0.1) is 17.2 Å². The van der Waals surface area contributed by atoms with Gasteiger partial charge in [-0.2, -0.15) is 18.4 Å². The highest BCUT2D eigenvalue weighted by molar-refractivity contribution is 5.37. The summed E-state index contributed by atoms with van der Waals surface area (Å²) in [5, 5.41) is 18.8. The lowest BCUT2D eigenvalue weighted by atomic mass is 9.99. The van der Waals surface area contributed by atoms with E-state index >= 15 is 0 Å². The number of nitrogens with zero attached hydrogens (tertiary/aromatic N) is 1. The van der Waals surface area contributed by atoms with E-state index in [-0.39, 0.29) is 5.56 Å². The second-order valence-corrected chi connectivity index (χ2v) is 4.26. The Morgan fingerprint density at radius 1 is 1.00 bits per heavy atom. The Bertz CT molecular complexity index is 641. The van der Waals surface area contributed by atoms with E-state index in [0.717, 1.165) is 12.1 Å². The molecule has 5 heteroatoms. The van der Waals surface area contributed by atoms with E-state index in [1.165, 1.54) is 36.4 Å². The molecule has 0 bridgehead atoms. The fourth-order valence-corrected chi connectivity index (χ4v) is 1.82. The van der Waals surface area contributed by atoms with Crippen LogP contribution in [-0.4, -0.2) is 5.11 Å². The first-order valence-electron chi connectivity index (χ1n) is 5.77. The minimum absolute atomic E-state index is 0.157. The lowest BCUT2D eigenvalue weighted by molar-refractivity contribution is -0.137. The molecule has 0 saturated heterocycles. The predicted molar refractivity (Wildman–Crippen MR) is 66.7 cm³/mol. The Morgan fingerprint density at radius 2 is 1.65 bits per heavy atom. The fourth-order valence-electron chi connectivity index (χ4n) is 1.82. The molecule has 0 fully saturated rings. The van der Waals surface area contributed by atoms with Crippen molar-refractivity contribution in [2.45, 2.75) is 12.3 Å². The zero-order valence-corrected chi connectivity index (χ0v) is 10.2. The number of hydrogen-bond donors (Lipinski definition) is 1. The van der Waals surface area contributed by atoms with Gasteiger partial charge in [0.15, 0.2) is 0 Å². The molecule has 2 aromatic rings. The van der Waals surface area contributed by atoms with Crippen molar-refractivity contribution in [2.24, 2.45) is 0 Å². The van der Waals surface area contributed by atoms with E-state index in [1.807, 2.05) is 6.07 Å². The van der Waals surface area contributed by atoms with Crippen LogP contribution in [0.2, 0.25) is 0 Å². The topological polar surface area (TPSA) is 44.0 Å². The van der Waals surface area contributed by atoms with Crippen molar-refractivity contribution >= 4 is 0 Å². The second kappa shape index (κ2) is 5.35. The standard InChI is InChI=1S/C15H10F3NO/c16-15(17,18)13-3-1-2-12(8-13)14(20)11-6-4-10(9-19)5-7-11/h1-8,14,20H. The molecule has 1 atom stereocenters. The molecule has 1 N–H and O–H groups in total. The van der Waals surface area contributed by atoms with E-state index in [9.17, 15) is 18.3 Å². The monoisotopic (exact) mass is 277 g/mol. The number of benzene rings is 2. The number of aliphatic hydroxyl groups excluding tert-OH is 1. The average Bonchev–Trinajstić information content (AvgIpc) is 2.46. The van der Waals surface area contributed by atoms with Gasteiger partial charge in [-0.15, -0.1) is 0 Å². The van der Waals surface area contributed by atoms with E-state index in [2.05, 4.69) is 0 Å². The Labute approximate surface area is 113 Å². The summed E-state index contributed by atoms with van der Waals surface area (Å²) in [5.41, 5.74) is 0.209. The lowest BCUT2D eigenvalue weighted by Crippen LogP contribution is -2.07. The molecule has 0 saturated carbocycles. The minimum Gasteiger partial charge on any atom is -0.384 e. The molecule has 0 aliphatic rings. The molecule has 2 rings (SSSR count). The van der Waals surface area contributed by atoms with Gasteiger partial charge in [-0.25, -0.2) is 0 Å². The molecule has 1 unspecified atom stereocenters. The van der Waals surface area contributed by atoms with Crippen LogP contribution in [0.25, 0.3) is 0 Å². The SMILES string of the molecule is N#Cc1ccc(C(O)c2cccc(C(F)(F)F)c2)cc1. The minimum atomic E-state index is -4.44. The van der Waals surface area contributed by atoms with Crippen molar-refractivity contribution in [1.29, 1.82) is 5.26 Å². The van der Waals surface area contributed by atoms with E-state index in [0.29, 0.717) is 11.1 Å². The van der Waals surface area contributed by atoms with Crippen molar-refractivity contribution in [1.82, 2.24) is 0 Å². The van der Waals surface area contributed by atoms with Gasteiger partial charge in [-0.1, -0.05) is 24.3 Å². The first-order chi connectivity index (χ1) is 9.41. The van der Waals surface area contributed by atoms with Gasteiger partial charge in [-0.05, 0) is 35.4 Å². The van der Waals surface area contributed by atoms with Gasteiger partial charge in [0.25, 0.3) is 0 Å². The second-order valence-electron chi connectivity index (χ2n) is 4.26. The van der Waals surface area contributed by atoms with Crippen molar-refractivity contribution in [3.8, 4) is 6.07 Å². The summed E-state index contributed by atoms with van der Waals surface area (Å²) in [5.74, 6) is 0. The number of alkyl halides is 3. The van der Waals surface area contributed by atoms with Gasteiger partial charge in [0.1, 0.15) is 6.10 Å². The quantitative estimate of drug-likeness (QED) is 0.910. The Balaban J connectivity index is 2.33. The van der Waals surface area contributed by atoms with Crippen molar-refractivity contribution < 1.29 is 18.3 Å². The first-order valence-corrected chi connectivity index (χ1v) is 5.77. The van der Waals surface area contributed by atoms with E-state index in [1.54, 1.807) is 0 Å². The molecule has 0 heterocycles. The smallest absolute Gasteiger partial charge is 0.384 e. The van der Waals surface area contributed by atoms with Gasteiger partial charge in [-0.3, -0.25) is 0 Å². The van der Waals surface area contributed by atoms with Crippen LogP contribution >= 0.6 is 0 Å². The molecule has 2 aromatic carbocycles. The maximum absolute atomic E-state index is 12.6. The number of halogens is 3. The molecule has 0 amide bonds. The largest absolute Gasteiger partial charge is 0.416 e. The van der Waals surface area contributed by atoms with Crippen LogP contribution in [0.5, 0.6) is 0 Å². The molecular weight excluding hydrogens is 267 g/mol. The van der Waals surface area contributed by atoms with Gasteiger partial charge < -0.3 is 5.11 Å². The Hall–Kier alpha value is -2.32. The number of nitriles is 1. The third-order valence-electron chi connectivity index (χ3n) is 2.89. The zero-order chi connectivity index (χ0) is 14.8. The van der Waals surface area contributed by atoms with E-state index in [4.69, 9.17) is 5.26 Å². The van der Waals surface area contributed by atoms with Crippen LogP contribution in [0.4, 0.5) is 13.2 Å². The summed E-state index contributed by atoms with van der Waals surface area (Å²) in [6.45, 7) is 0. The van der Waals surface area contributed by atoms with Crippen LogP contribution < -0.4 is 0 Å². The maximum Gasteiger partial charge on any atom is 0.416 e. The number of aliphatic hydroxyl groups is 1. The zero-order valence-electron chi connectivity index (χ0n) is 10.2. The van der Waals surface area contributed by atoms with E-state index < -0.39 is 17.8 Å². The van der Waals surface area contributed by atoms with Crippen LogP contribution in [0, 0.1) is 11.3 Å². The molecule has 2 nitrogen and oxygen atoms in total. The predicted octanol–water partition coefficient (Wildman–Crippen LogP) is 3.66. The summed E-state index contributed by atoms with van der Waals surface area (Å²) in [6, 6.07) is 12.5. The van der Waals surface area contributed by atoms with Crippen molar-refractivity contribution in [2.75, 3.05) is 0 Å². The summed E-state index contributed by atoms with van der Waals surface area (Å²) in [4.78, 5) is 0. The van der Waals surface area contributed by atoms with Crippen LogP contribution in [0.15, 0.2) is 48.5 Å². The van der Waals surface area contributed by atoms with Gasteiger partial charge in [0.2, 0.25) is 0 Å². The first kappa shape index (κ1) is 14.1. The molecule has 0 aromatic heterocycles. The molecule has 102 valence electrons. The van der Waals surface area contributed by atoms with Gasteiger partial charge >= 0.3 is 6.18 Å². The van der Waals surface area contributed by atoms with Crippen molar-refractivity contribution in [3.63, 3.8) is 0 Å². The van der Waals surface area contributed by atoms with Crippen molar-refractivity contribution in [3.05, 3.63) is 70.8 Å². The lowest BCUT2D eigenvalue weighted by Gasteiger charge is -2.14. The molecular formula is C15H10F3NO. The average molecular weight is 277 g/mol. The highest BCUT2D eigenvalue weighted by Gasteiger charge is 2.30. The summed E-state index contributed by atoms with van der Waals surface area (Å²) in [7, 11) is 0. The number of hydrogen-bond acceptors (Lipinski definition) is 2. The molecule has 0 radical (unpaired) electrons. The summed E-state index contributed by atoms with van der Waals surface area (Å²) < 4.78 is 37.8. The third-order valence-corrected chi connectivity index (χ3v) is 2.89. The summed E-state index contributed by atoms with van der Waals surface area (Å²) in [6.07, 6.45) is -5.61. The van der Waals surface area contributed by atoms with Crippen LogP contribution in [-0.2, 0) is 6.18 Å². The Morgan fingerprint density at radius 3 is 2.20 bits per heavy atom. The van der Waals surface area contributed by atoms with Gasteiger partial charge in [0, 0.05) is 0 Å². The summed E-state index contributed by atoms with van der Waals surface area (Å²) >= 11 is 0. The maximum atomic E-state index is 12.6. The molecule has 0 aliphatic heterocycles. The Kier molecular flexibility index (Phi) is 3.77. The molecule has 0 aliphatic carbocycles. The normalized spacial score (nSPS) is 12.8. The fraction of sp³-hybridized carbons (Fsp3) is 0.133.